The summed E-state index contributed by atoms with van der Waals surface area (Å²) in [5.74, 6) is 0.930. The van der Waals surface area contributed by atoms with Crippen molar-refractivity contribution in [1.82, 2.24) is 0 Å². The van der Waals surface area contributed by atoms with Gasteiger partial charge in [0.25, 0.3) is 0 Å². The van der Waals surface area contributed by atoms with E-state index in [0.717, 1.165) is 40.8 Å². The highest BCUT2D eigenvalue weighted by molar-refractivity contribution is 9.10. The second kappa shape index (κ2) is 10.2. The molecule has 0 atom stereocenters. The summed E-state index contributed by atoms with van der Waals surface area (Å²) in [6, 6.07) is 4.11. The first-order valence-corrected chi connectivity index (χ1v) is 7.67. The van der Waals surface area contributed by atoms with Crippen molar-refractivity contribution < 1.29 is 14.2 Å². The van der Waals surface area contributed by atoms with Crippen molar-refractivity contribution in [2.45, 2.75) is 19.8 Å². The normalized spacial score (nSPS) is 10.8. The Bertz CT molecular complexity index is 399. The van der Waals surface area contributed by atoms with Crippen LogP contribution >= 0.6 is 15.9 Å². The van der Waals surface area contributed by atoms with Crippen molar-refractivity contribution >= 4 is 15.9 Å². The number of benzene rings is 1. The van der Waals surface area contributed by atoms with Gasteiger partial charge in [-0.25, -0.2) is 0 Å². The summed E-state index contributed by atoms with van der Waals surface area (Å²) in [7, 11) is 1.69. The van der Waals surface area contributed by atoms with Gasteiger partial charge in [0.2, 0.25) is 0 Å². The van der Waals surface area contributed by atoms with Crippen LogP contribution in [0.5, 0.6) is 5.75 Å². The van der Waals surface area contributed by atoms with Crippen LogP contribution in [0.4, 0.5) is 0 Å². The summed E-state index contributed by atoms with van der Waals surface area (Å²) in [4.78, 5) is 0. The second-order valence-electron chi connectivity index (χ2n) is 4.56. The molecule has 1 aromatic carbocycles. The van der Waals surface area contributed by atoms with Crippen LogP contribution in [-0.2, 0) is 15.9 Å². The number of halogens is 1. The molecule has 0 aliphatic carbocycles. The maximum atomic E-state index is 5.85. The molecule has 0 fully saturated rings. The van der Waals surface area contributed by atoms with E-state index in [2.05, 4.69) is 28.1 Å². The molecule has 2 N–H and O–H groups in total. The van der Waals surface area contributed by atoms with Gasteiger partial charge in [-0.1, -0.05) is 15.9 Å². The third-order valence-electron chi connectivity index (χ3n) is 2.84. The van der Waals surface area contributed by atoms with Crippen LogP contribution in [0.25, 0.3) is 0 Å². The molecule has 0 heterocycles. The van der Waals surface area contributed by atoms with Gasteiger partial charge in [-0.3, -0.25) is 0 Å². The fourth-order valence-corrected chi connectivity index (χ4v) is 2.58. The molecular formula is C15H24BrNO3. The lowest BCUT2D eigenvalue weighted by molar-refractivity contribution is 0.0803. The first-order valence-electron chi connectivity index (χ1n) is 6.87. The van der Waals surface area contributed by atoms with E-state index in [1.54, 1.807) is 7.11 Å². The number of ether oxygens (including phenoxy) is 3. The molecule has 0 aliphatic rings. The Labute approximate surface area is 129 Å². The van der Waals surface area contributed by atoms with Crippen LogP contribution < -0.4 is 10.5 Å². The Morgan fingerprint density at radius 3 is 2.65 bits per heavy atom. The van der Waals surface area contributed by atoms with Crippen LogP contribution in [0.1, 0.15) is 17.5 Å². The van der Waals surface area contributed by atoms with Crippen LogP contribution in [0.3, 0.4) is 0 Å². The van der Waals surface area contributed by atoms with Crippen molar-refractivity contribution in [3.05, 3.63) is 27.7 Å². The monoisotopic (exact) mass is 345 g/mol. The first kappa shape index (κ1) is 17.4. The lowest BCUT2D eigenvalue weighted by atomic mass is 10.1. The third kappa shape index (κ3) is 6.22. The van der Waals surface area contributed by atoms with Crippen molar-refractivity contribution in [3.8, 4) is 5.75 Å². The van der Waals surface area contributed by atoms with Gasteiger partial charge in [0.15, 0.2) is 0 Å². The summed E-state index contributed by atoms with van der Waals surface area (Å²) in [6.45, 7) is 5.22. The summed E-state index contributed by atoms with van der Waals surface area (Å²) in [5, 5.41) is 0. The van der Waals surface area contributed by atoms with Gasteiger partial charge in [-0.2, -0.15) is 0 Å². The topological polar surface area (TPSA) is 53.7 Å². The van der Waals surface area contributed by atoms with E-state index in [0.29, 0.717) is 26.4 Å². The van der Waals surface area contributed by atoms with E-state index in [1.165, 1.54) is 0 Å². The van der Waals surface area contributed by atoms with E-state index in [1.807, 2.05) is 6.92 Å². The van der Waals surface area contributed by atoms with E-state index in [4.69, 9.17) is 19.9 Å². The Hall–Kier alpha value is -0.620. The number of nitrogens with two attached hydrogens (primary N) is 1. The van der Waals surface area contributed by atoms with Crippen molar-refractivity contribution in [2.75, 3.05) is 40.1 Å². The minimum absolute atomic E-state index is 0.549. The standard InChI is InChI=1S/C15H24BrNO3/c1-12-10-14(16)11-13(4-5-17)15(12)20-9-8-19-7-3-6-18-2/h10-11H,3-9,17H2,1-2H3. The summed E-state index contributed by atoms with van der Waals surface area (Å²) in [6.07, 6.45) is 1.72. The third-order valence-corrected chi connectivity index (χ3v) is 3.30. The van der Waals surface area contributed by atoms with Gasteiger partial charge in [0, 0.05) is 24.8 Å². The van der Waals surface area contributed by atoms with Gasteiger partial charge in [0.1, 0.15) is 12.4 Å². The van der Waals surface area contributed by atoms with Gasteiger partial charge in [0.05, 0.1) is 6.61 Å². The average molecular weight is 346 g/mol. The Balaban J connectivity index is 2.42. The summed E-state index contributed by atoms with van der Waals surface area (Å²) >= 11 is 3.50. The van der Waals surface area contributed by atoms with Crippen molar-refractivity contribution in [3.63, 3.8) is 0 Å². The van der Waals surface area contributed by atoms with Gasteiger partial charge in [-0.05, 0) is 49.6 Å². The van der Waals surface area contributed by atoms with Gasteiger partial charge in [-0.15, -0.1) is 0 Å². The highest BCUT2D eigenvalue weighted by atomic mass is 79.9. The molecule has 0 saturated carbocycles. The number of hydrogen-bond donors (Lipinski definition) is 1. The molecule has 20 heavy (non-hydrogen) atoms. The SMILES string of the molecule is COCCCOCCOc1c(C)cc(Br)cc1CCN. The molecule has 4 nitrogen and oxygen atoms in total. The molecule has 0 bridgehead atoms. The van der Waals surface area contributed by atoms with E-state index in [-0.39, 0.29) is 0 Å². The number of rotatable bonds is 10. The fraction of sp³-hybridized carbons (Fsp3) is 0.600. The lowest BCUT2D eigenvalue weighted by Crippen LogP contribution is -2.11. The first-order chi connectivity index (χ1) is 9.69. The zero-order valence-electron chi connectivity index (χ0n) is 12.3. The van der Waals surface area contributed by atoms with Gasteiger partial charge < -0.3 is 19.9 Å². The number of aryl methyl sites for hydroxylation is 1. The van der Waals surface area contributed by atoms with Crippen molar-refractivity contribution in [2.24, 2.45) is 5.73 Å². The van der Waals surface area contributed by atoms with E-state index >= 15 is 0 Å². The molecular weight excluding hydrogens is 322 g/mol. The molecule has 0 unspecified atom stereocenters. The van der Waals surface area contributed by atoms with Crippen LogP contribution in [-0.4, -0.2) is 40.1 Å². The minimum Gasteiger partial charge on any atom is -0.491 e. The summed E-state index contributed by atoms with van der Waals surface area (Å²) < 4.78 is 17.3. The molecule has 114 valence electrons. The molecule has 0 saturated heterocycles. The average Bonchev–Trinajstić information content (AvgIpc) is 2.40. The summed E-state index contributed by atoms with van der Waals surface area (Å²) in [5.41, 5.74) is 7.90. The predicted molar refractivity (Wildman–Crippen MR) is 84.4 cm³/mol. The molecule has 0 radical (unpaired) electrons. The van der Waals surface area contributed by atoms with Crippen LogP contribution in [0.2, 0.25) is 0 Å². The highest BCUT2D eigenvalue weighted by Crippen LogP contribution is 2.28. The number of methoxy groups -OCH3 is 1. The smallest absolute Gasteiger partial charge is 0.125 e. The molecule has 0 spiro atoms. The quantitative estimate of drug-likeness (QED) is 0.662. The molecule has 0 amide bonds. The molecule has 5 heteroatoms. The van der Waals surface area contributed by atoms with Crippen LogP contribution in [0, 0.1) is 6.92 Å². The molecule has 1 aromatic rings. The lowest BCUT2D eigenvalue weighted by Gasteiger charge is -2.14. The van der Waals surface area contributed by atoms with E-state index < -0.39 is 0 Å². The molecule has 0 aliphatic heterocycles. The fourth-order valence-electron chi connectivity index (χ4n) is 1.96. The van der Waals surface area contributed by atoms with E-state index in [9.17, 15) is 0 Å². The Morgan fingerprint density at radius 1 is 1.15 bits per heavy atom. The number of hydrogen-bond acceptors (Lipinski definition) is 4. The highest BCUT2D eigenvalue weighted by Gasteiger charge is 2.08. The second-order valence-corrected chi connectivity index (χ2v) is 5.47. The predicted octanol–water partition coefficient (Wildman–Crippen LogP) is 2.69. The largest absolute Gasteiger partial charge is 0.491 e. The Kier molecular flexibility index (Phi) is 8.85. The Morgan fingerprint density at radius 2 is 1.95 bits per heavy atom. The maximum absolute atomic E-state index is 5.85. The zero-order valence-corrected chi connectivity index (χ0v) is 13.9. The zero-order chi connectivity index (χ0) is 14.8. The van der Waals surface area contributed by atoms with Crippen molar-refractivity contribution in [1.29, 1.82) is 0 Å². The maximum Gasteiger partial charge on any atom is 0.125 e. The van der Waals surface area contributed by atoms with Crippen LogP contribution in [0.15, 0.2) is 16.6 Å². The van der Waals surface area contributed by atoms with Gasteiger partial charge >= 0.3 is 0 Å². The molecule has 0 aromatic heterocycles. The minimum atomic E-state index is 0.549. The molecule has 1 rings (SSSR count).